The first-order valence-electron chi connectivity index (χ1n) is 4.86. The van der Waals surface area contributed by atoms with Gasteiger partial charge in [-0.1, -0.05) is 18.2 Å². The van der Waals surface area contributed by atoms with Crippen LogP contribution in [0.3, 0.4) is 0 Å². The van der Waals surface area contributed by atoms with Crippen LogP contribution in [0.15, 0.2) is 24.3 Å². The third-order valence-electron chi connectivity index (χ3n) is 1.94. The van der Waals surface area contributed by atoms with Gasteiger partial charge in [0.15, 0.2) is 0 Å². The highest BCUT2D eigenvalue weighted by Gasteiger charge is 2.28. The molecule has 0 spiro atoms. The standard InChI is InChI=1S/C9H10BF3N2O3/c11-9(12,13)5-14-8(16)15-7-4-2-1-3-6(7)10(17)18/h1-4,17-18H,5H2,(H2,14,15,16). The molecule has 18 heavy (non-hydrogen) atoms. The zero-order valence-corrected chi connectivity index (χ0v) is 9.03. The summed E-state index contributed by atoms with van der Waals surface area (Å²) in [6.45, 7) is -1.47. The topological polar surface area (TPSA) is 81.6 Å². The molecule has 1 aromatic rings. The maximum atomic E-state index is 11.8. The summed E-state index contributed by atoms with van der Waals surface area (Å²) in [5.74, 6) is 0. The second kappa shape index (κ2) is 5.74. The second-order valence-corrected chi connectivity index (χ2v) is 3.38. The second-order valence-electron chi connectivity index (χ2n) is 3.38. The van der Waals surface area contributed by atoms with Crippen LogP contribution in [0.4, 0.5) is 23.7 Å². The Morgan fingerprint density at radius 2 is 1.89 bits per heavy atom. The number of para-hydroxylation sites is 1. The molecule has 9 heteroatoms. The number of nitrogens with one attached hydrogen (secondary N) is 2. The Morgan fingerprint density at radius 1 is 1.28 bits per heavy atom. The average Bonchev–Trinajstić information content (AvgIpc) is 2.26. The Kier molecular flexibility index (Phi) is 4.57. The molecule has 0 fully saturated rings. The summed E-state index contributed by atoms with van der Waals surface area (Å²) in [4.78, 5) is 11.1. The van der Waals surface area contributed by atoms with Crippen LogP contribution in [0, 0.1) is 0 Å². The van der Waals surface area contributed by atoms with Gasteiger partial charge in [0, 0.05) is 11.2 Å². The van der Waals surface area contributed by atoms with Gasteiger partial charge in [0.25, 0.3) is 0 Å². The van der Waals surface area contributed by atoms with Gasteiger partial charge in [-0.15, -0.1) is 0 Å². The highest BCUT2D eigenvalue weighted by Crippen LogP contribution is 2.12. The lowest BCUT2D eigenvalue weighted by molar-refractivity contribution is -0.122. The lowest BCUT2D eigenvalue weighted by Gasteiger charge is -2.12. The van der Waals surface area contributed by atoms with E-state index in [2.05, 4.69) is 5.32 Å². The molecule has 0 atom stereocenters. The van der Waals surface area contributed by atoms with Gasteiger partial charge in [0.1, 0.15) is 6.54 Å². The molecule has 0 saturated heterocycles. The van der Waals surface area contributed by atoms with E-state index in [1.807, 2.05) is 0 Å². The number of carbonyl (C=O) groups excluding carboxylic acids is 1. The molecule has 1 aromatic carbocycles. The van der Waals surface area contributed by atoms with Crippen molar-refractivity contribution in [1.82, 2.24) is 5.32 Å². The molecule has 0 aliphatic rings. The number of halogens is 3. The molecule has 5 nitrogen and oxygen atoms in total. The molecule has 0 aromatic heterocycles. The average molecular weight is 262 g/mol. The van der Waals surface area contributed by atoms with Crippen molar-refractivity contribution in [2.45, 2.75) is 6.18 Å². The van der Waals surface area contributed by atoms with E-state index in [9.17, 15) is 18.0 Å². The number of benzene rings is 1. The quantitative estimate of drug-likeness (QED) is 0.581. The van der Waals surface area contributed by atoms with Crippen LogP contribution < -0.4 is 16.1 Å². The third kappa shape index (κ3) is 4.64. The first-order chi connectivity index (χ1) is 8.29. The van der Waals surface area contributed by atoms with Crippen molar-refractivity contribution in [3.63, 3.8) is 0 Å². The number of amides is 2. The van der Waals surface area contributed by atoms with E-state index in [0.29, 0.717) is 0 Å². The van der Waals surface area contributed by atoms with Crippen molar-refractivity contribution in [2.24, 2.45) is 0 Å². The maximum Gasteiger partial charge on any atom is 0.490 e. The van der Waals surface area contributed by atoms with Crippen molar-refractivity contribution in [3.8, 4) is 0 Å². The van der Waals surface area contributed by atoms with Crippen molar-refractivity contribution in [2.75, 3.05) is 11.9 Å². The minimum Gasteiger partial charge on any atom is -0.423 e. The number of anilines is 1. The minimum absolute atomic E-state index is 0.0142. The summed E-state index contributed by atoms with van der Waals surface area (Å²) in [5.41, 5.74) is 0.00633. The van der Waals surface area contributed by atoms with E-state index < -0.39 is 25.9 Å². The van der Waals surface area contributed by atoms with Gasteiger partial charge < -0.3 is 20.7 Å². The zero-order valence-electron chi connectivity index (χ0n) is 9.03. The van der Waals surface area contributed by atoms with Gasteiger partial charge in [-0.25, -0.2) is 4.79 Å². The lowest BCUT2D eigenvalue weighted by Crippen LogP contribution is -2.39. The van der Waals surface area contributed by atoms with Crippen molar-refractivity contribution < 1.29 is 28.0 Å². The summed E-state index contributed by atoms with van der Waals surface area (Å²) in [6, 6.07) is 4.56. The van der Waals surface area contributed by atoms with Crippen LogP contribution in [-0.4, -0.2) is 35.9 Å². The van der Waals surface area contributed by atoms with E-state index in [-0.39, 0.29) is 11.2 Å². The number of rotatable bonds is 3. The van der Waals surface area contributed by atoms with E-state index in [1.165, 1.54) is 24.3 Å². The minimum atomic E-state index is -4.51. The first-order valence-corrected chi connectivity index (χ1v) is 4.86. The van der Waals surface area contributed by atoms with Gasteiger partial charge in [0.05, 0.1) is 0 Å². The van der Waals surface area contributed by atoms with E-state index >= 15 is 0 Å². The van der Waals surface area contributed by atoms with E-state index in [0.717, 1.165) is 0 Å². The SMILES string of the molecule is O=C(NCC(F)(F)F)Nc1ccccc1B(O)O. The Morgan fingerprint density at radius 3 is 2.44 bits per heavy atom. The van der Waals surface area contributed by atoms with Crippen LogP contribution in [-0.2, 0) is 0 Å². The molecular formula is C9H10BF3N2O3. The molecule has 0 unspecified atom stereocenters. The van der Waals surface area contributed by atoms with E-state index in [4.69, 9.17) is 10.0 Å². The molecular weight excluding hydrogens is 252 g/mol. The fraction of sp³-hybridized carbons (Fsp3) is 0.222. The van der Waals surface area contributed by atoms with Gasteiger partial charge >= 0.3 is 19.3 Å². The number of hydrogen-bond acceptors (Lipinski definition) is 3. The van der Waals surface area contributed by atoms with Crippen LogP contribution in [0.1, 0.15) is 0 Å². The number of urea groups is 1. The number of hydrogen-bond donors (Lipinski definition) is 4. The predicted octanol–water partition coefficient (Wildman–Crippen LogP) is 0.0502. The molecule has 1 rings (SSSR count). The zero-order chi connectivity index (χ0) is 13.8. The molecule has 0 aliphatic carbocycles. The Balaban J connectivity index is 2.65. The monoisotopic (exact) mass is 262 g/mol. The smallest absolute Gasteiger partial charge is 0.423 e. The predicted molar refractivity (Wildman–Crippen MR) is 59.3 cm³/mol. The highest BCUT2D eigenvalue weighted by molar-refractivity contribution is 6.60. The van der Waals surface area contributed by atoms with Crippen molar-refractivity contribution >= 4 is 24.3 Å². The Labute approximate surface area is 101 Å². The van der Waals surface area contributed by atoms with Crippen LogP contribution in [0.25, 0.3) is 0 Å². The van der Waals surface area contributed by atoms with Gasteiger partial charge in [-0.3, -0.25) is 0 Å². The number of alkyl halides is 3. The molecule has 0 aliphatic heterocycles. The molecule has 98 valence electrons. The highest BCUT2D eigenvalue weighted by atomic mass is 19.4. The Hall–Kier alpha value is -1.74. The molecule has 2 amide bonds. The van der Waals surface area contributed by atoms with Crippen LogP contribution >= 0.6 is 0 Å². The van der Waals surface area contributed by atoms with Gasteiger partial charge in [-0.2, -0.15) is 13.2 Å². The summed E-state index contributed by atoms with van der Waals surface area (Å²) < 4.78 is 35.5. The largest absolute Gasteiger partial charge is 0.490 e. The normalized spacial score (nSPS) is 10.9. The summed E-state index contributed by atoms with van der Waals surface area (Å²) in [6.07, 6.45) is -4.51. The summed E-state index contributed by atoms with van der Waals surface area (Å²) in [7, 11) is -1.83. The fourth-order valence-electron chi connectivity index (χ4n) is 1.18. The summed E-state index contributed by atoms with van der Waals surface area (Å²) >= 11 is 0. The molecule has 0 radical (unpaired) electrons. The molecule has 0 saturated carbocycles. The molecule has 0 heterocycles. The fourth-order valence-corrected chi connectivity index (χ4v) is 1.18. The van der Waals surface area contributed by atoms with Crippen LogP contribution in [0.5, 0.6) is 0 Å². The summed E-state index contributed by atoms with van der Waals surface area (Å²) in [5, 5.41) is 21.7. The van der Waals surface area contributed by atoms with Crippen molar-refractivity contribution in [3.05, 3.63) is 24.3 Å². The third-order valence-corrected chi connectivity index (χ3v) is 1.94. The van der Waals surface area contributed by atoms with E-state index in [1.54, 1.807) is 5.32 Å². The number of carbonyl (C=O) groups is 1. The van der Waals surface area contributed by atoms with Crippen LogP contribution in [0.2, 0.25) is 0 Å². The molecule has 0 bridgehead atoms. The first kappa shape index (κ1) is 14.3. The maximum absolute atomic E-state index is 11.8. The Bertz CT molecular complexity index is 426. The van der Waals surface area contributed by atoms with Gasteiger partial charge in [0.2, 0.25) is 0 Å². The van der Waals surface area contributed by atoms with Crippen molar-refractivity contribution in [1.29, 1.82) is 0 Å². The lowest BCUT2D eigenvalue weighted by atomic mass is 9.79. The molecule has 4 N–H and O–H groups in total. The van der Waals surface area contributed by atoms with Gasteiger partial charge in [-0.05, 0) is 6.07 Å².